The quantitative estimate of drug-likeness (QED) is 0.766. The highest BCUT2D eigenvalue weighted by Gasteiger charge is 2.27. The van der Waals surface area contributed by atoms with Crippen molar-refractivity contribution in [1.29, 1.82) is 0 Å². The summed E-state index contributed by atoms with van der Waals surface area (Å²) < 4.78 is 40.3. The van der Waals surface area contributed by atoms with Crippen LogP contribution < -0.4 is 0 Å². The Bertz CT molecular complexity index is 548. The molecule has 0 atom stereocenters. The highest BCUT2D eigenvalue weighted by molar-refractivity contribution is 9.10. The SMILES string of the molecule is CC(C)CN(CC(C)C)S(=O)(=O)c1ccc(F)cc1Br. The number of nitrogens with zero attached hydrogens (tertiary/aromatic N) is 1. The molecule has 0 amide bonds. The average molecular weight is 366 g/mol. The summed E-state index contributed by atoms with van der Waals surface area (Å²) >= 11 is 3.14. The van der Waals surface area contributed by atoms with Crippen LogP contribution >= 0.6 is 15.9 Å². The number of hydrogen-bond donors (Lipinski definition) is 0. The third kappa shape index (κ3) is 4.53. The van der Waals surface area contributed by atoms with Crippen LogP contribution in [0, 0.1) is 17.7 Å². The molecule has 3 nitrogen and oxygen atoms in total. The fourth-order valence-corrected chi connectivity index (χ4v) is 4.69. The van der Waals surface area contributed by atoms with E-state index in [1.165, 1.54) is 22.5 Å². The van der Waals surface area contributed by atoms with Gasteiger partial charge in [-0.25, -0.2) is 12.8 Å². The first-order chi connectivity index (χ1) is 9.14. The molecule has 0 aliphatic rings. The first kappa shape index (κ1) is 17.6. The Hall–Kier alpha value is -0.460. The van der Waals surface area contributed by atoms with E-state index >= 15 is 0 Å². The van der Waals surface area contributed by atoms with Gasteiger partial charge in [0.05, 0.1) is 4.90 Å². The predicted molar refractivity (Wildman–Crippen MR) is 82.5 cm³/mol. The number of sulfonamides is 1. The molecule has 0 aliphatic carbocycles. The number of hydrogen-bond acceptors (Lipinski definition) is 2. The van der Waals surface area contributed by atoms with Gasteiger partial charge >= 0.3 is 0 Å². The zero-order valence-electron chi connectivity index (χ0n) is 12.2. The highest BCUT2D eigenvalue weighted by atomic mass is 79.9. The molecule has 1 aromatic rings. The summed E-state index contributed by atoms with van der Waals surface area (Å²) in [6.07, 6.45) is 0. The van der Waals surface area contributed by atoms with E-state index in [4.69, 9.17) is 0 Å². The molecule has 6 heteroatoms. The van der Waals surface area contributed by atoms with Crippen LogP contribution in [0.25, 0.3) is 0 Å². The molecule has 1 rings (SSSR count). The minimum Gasteiger partial charge on any atom is -0.207 e. The maximum atomic E-state index is 13.1. The van der Waals surface area contributed by atoms with Crippen LogP contribution in [0.4, 0.5) is 4.39 Å². The summed E-state index contributed by atoms with van der Waals surface area (Å²) in [6, 6.07) is 3.65. The summed E-state index contributed by atoms with van der Waals surface area (Å²) in [7, 11) is -3.62. The van der Waals surface area contributed by atoms with Gasteiger partial charge in [0.25, 0.3) is 0 Å². The van der Waals surface area contributed by atoms with E-state index in [2.05, 4.69) is 15.9 Å². The molecule has 0 bridgehead atoms. The lowest BCUT2D eigenvalue weighted by Crippen LogP contribution is -2.37. The molecule has 0 radical (unpaired) electrons. The van der Waals surface area contributed by atoms with Crippen LogP contribution in [-0.4, -0.2) is 25.8 Å². The largest absolute Gasteiger partial charge is 0.244 e. The lowest BCUT2D eigenvalue weighted by molar-refractivity contribution is 0.333. The maximum Gasteiger partial charge on any atom is 0.244 e. The molecule has 0 unspecified atom stereocenters. The van der Waals surface area contributed by atoms with E-state index in [0.717, 1.165) is 0 Å². The van der Waals surface area contributed by atoms with Gasteiger partial charge in [0.15, 0.2) is 0 Å². The van der Waals surface area contributed by atoms with Crippen molar-refractivity contribution in [1.82, 2.24) is 4.31 Å². The van der Waals surface area contributed by atoms with Gasteiger partial charge in [-0.3, -0.25) is 0 Å². The van der Waals surface area contributed by atoms with Crippen molar-refractivity contribution in [2.24, 2.45) is 11.8 Å². The predicted octanol–water partition coefficient (Wildman–Crippen LogP) is 3.89. The molecule has 1 aromatic carbocycles. The Morgan fingerprint density at radius 2 is 1.65 bits per heavy atom. The Morgan fingerprint density at radius 3 is 2.05 bits per heavy atom. The van der Waals surface area contributed by atoms with Crippen LogP contribution in [0.3, 0.4) is 0 Å². The third-order valence-electron chi connectivity index (χ3n) is 2.65. The minimum atomic E-state index is -3.62. The molecule has 0 aliphatic heterocycles. The molecule has 20 heavy (non-hydrogen) atoms. The van der Waals surface area contributed by atoms with Gasteiger partial charge in [0.1, 0.15) is 5.82 Å². The van der Waals surface area contributed by atoms with Gasteiger partial charge in [-0.2, -0.15) is 4.31 Å². The lowest BCUT2D eigenvalue weighted by atomic mass is 10.2. The van der Waals surface area contributed by atoms with E-state index in [1.807, 2.05) is 27.7 Å². The number of rotatable bonds is 6. The van der Waals surface area contributed by atoms with Crippen LogP contribution in [0.1, 0.15) is 27.7 Å². The second-order valence-electron chi connectivity index (χ2n) is 5.68. The van der Waals surface area contributed by atoms with Gasteiger partial charge in [-0.1, -0.05) is 27.7 Å². The summed E-state index contributed by atoms with van der Waals surface area (Å²) in [5, 5.41) is 0. The van der Waals surface area contributed by atoms with Crippen molar-refractivity contribution in [3.63, 3.8) is 0 Å². The lowest BCUT2D eigenvalue weighted by Gasteiger charge is -2.26. The molecular formula is C14H21BrFNO2S. The van der Waals surface area contributed by atoms with Gasteiger partial charge in [0, 0.05) is 17.6 Å². The number of halogens is 2. The van der Waals surface area contributed by atoms with Crippen molar-refractivity contribution >= 4 is 26.0 Å². The van der Waals surface area contributed by atoms with Crippen molar-refractivity contribution < 1.29 is 12.8 Å². The topological polar surface area (TPSA) is 37.4 Å². The first-order valence-electron chi connectivity index (χ1n) is 6.59. The van der Waals surface area contributed by atoms with Crippen LogP contribution in [-0.2, 0) is 10.0 Å². The van der Waals surface area contributed by atoms with Gasteiger partial charge in [-0.15, -0.1) is 0 Å². The van der Waals surface area contributed by atoms with Gasteiger partial charge < -0.3 is 0 Å². The van der Waals surface area contributed by atoms with Crippen molar-refractivity contribution in [3.8, 4) is 0 Å². The van der Waals surface area contributed by atoms with Crippen molar-refractivity contribution in [3.05, 3.63) is 28.5 Å². The first-order valence-corrected chi connectivity index (χ1v) is 8.83. The molecule has 0 heterocycles. The van der Waals surface area contributed by atoms with E-state index < -0.39 is 15.8 Å². The Kier molecular flexibility index (Phi) is 6.16. The zero-order chi connectivity index (χ0) is 15.5. The molecule has 0 saturated carbocycles. The van der Waals surface area contributed by atoms with E-state index in [1.54, 1.807) is 0 Å². The summed E-state index contributed by atoms with van der Waals surface area (Å²) in [5.74, 6) is -0.0133. The second kappa shape index (κ2) is 7.00. The van der Waals surface area contributed by atoms with Crippen LogP contribution in [0.5, 0.6) is 0 Å². The fraction of sp³-hybridized carbons (Fsp3) is 0.571. The summed E-state index contributed by atoms with van der Waals surface area (Å²) in [5.41, 5.74) is 0. The maximum absolute atomic E-state index is 13.1. The molecule has 114 valence electrons. The Morgan fingerprint density at radius 1 is 1.15 bits per heavy atom. The average Bonchev–Trinajstić information content (AvgIpc) is 2.26. The monoisotopic (exact) mass is 365 g/mol. The molecule has 0 fully saturated rings. The smallest absolute Gasteiger partial charge is 0.207 e. The highest BCUT2D eigenvalue weighted by Crippen LogP contribution is 2.27. The fourth-order valence-electron chi connectivity index (χ4n) is 1.91. The van der Waals surface area contributed by atoms with Crippen molar-refractivity contribution in [2.75, 3.05) is 13.1 Å². The van der Waals surface area contributed by atoms with E-state index in [-0.39, 0.29) is 21.2 Å². The number of benzene rings is 1. The molecule has 0 spiro atoms. The Balaban J connectivity index is 3.21. The van der Waals surface area contributed by atoms with E-state index in [9.17, 15) is 12.8 Å². The van der Waals surface area contributed by atoms with E-state index in [0.29, 0.717) is 13.1 Å². The van der Waals surface area contributed by atoms with Gasteiger partial charge in [-0.05, 0) is 46.0 Å². The minimum absolute atomic E-state index is 0.111. The third-order valence-corrected chi connectivity index (χ3v) is 5.46. The molecular weight excluding hydrogens is 345 g/mol. The Labute approximate surface area is 129 Å². The molecule has 0 aromatic heterocycles. The van der Waals surface area contributed by atoms with Gasteiger partial charge in [0.2, 0.25) is 10.0 Å². The zero-order valence-corrected chi connectivity index (χ0v) is 14.6. The summed E-state index contributed by atoms with van der Waals surface area (Å²) in [6.45, 7) is 8.80. The van der Waals surface area contributed by atoms with Crippen molar-refractivity contribution in [2.45, 2.75) is 32.6 Å². The normalized spacial score (nSPS) is 12.7. The second-order valence-corrected chi connectivity index (χ2v) is 8.45. The molecule has 0 N–H and O–H groups in total. The molecule has 0 saturated heterocycles. The van der Waals surface area contributed by atoms with Crippen LogP contribution in [0.15, 0.2) is 27.6 Å². The van der Waals surface area contributed by atoms with Crippen LogP contribution in [0.2, 0.25) is 0 Å². The summed E-state index contributed by atoms with van der Waals surface area (Å²) in [4.78, 5) is 0.111. The standard InChI is InChI=1S/C14H21BrFNO2S/c1-10(2)8-17(9-11(3)4)20(18,19)14-6-5-12(16)7-13(14)15/h5-7,10-11H,8-9H2,1-4H3.